The summed E-state index contributed by atoms with van der Waals surface area (Å²) in [6.07, 6.45) is 6.26. The topological polar surface area (TPSA) is 85.3 Å². The highest BCUT2D eigenvalue weighted by Gasteiger charge is 2.13. The number of carbonyl (C=O) groups is 1. The molecule has 0 aliphatic heterocycles. The number of fused-ring (bicyclic) bond motifs is 1. The quantitative estimate of drug-likeness (QED) is 0.784. The second-order valence-corrected chi connectivity index (χ2v) is 4.78. The Balaban J connectivity index is 2.17. The minimum absolute atomic E-state index is 0.0163. The number of hydrogen-bond donors (Lipinski definition) is 1. The molecular formula is C13H13N5O2. The number of aromatic nitrogens is 5. The molecular weight excluding hydrogens is 258 g/mol. The predicted octanol–water partition coefficient (Wildman–Crippen LogP) is 1.74. The SMILES string of the molecule is CC(C)c1cc2c(-n3cnc(C(=O)O)c3)nccn2n1. The molecule has 3 aromatic rings. The molecule has 0 aromatic carbocycles. The Labute approximate surface area is 114 Å². The summed E-state index contributed by atoms with van der Waals surface area (Å²) in [6.45, 7) is 4.13. The van der Waals surface area contributed by atoms with E-state index >= 15 is 0 Å². The Kier molecular flexibility index (Phi) is 2.74. The molecule has 3 aromatic heterocycles. The van der Waals surface area contributed by atoms with Crippen molar-refractivity contribution in [3.05, 3.63) is 42.4 Å². The van der Waals surface area contributed by atoms with Crippen molar-refractivity contribution in [3.8, 4) is 5.82 Å². The van der Waals surface area contributed by atoms with Gasteiger partial charge in [-0.1, -0.05) is 13.8 Å². The minimum Gasteiger partial charge on any atom is -0.476 e. The third kappa shape index (κ3) is 1.93. The van der Waals surface area contributed by atoms with Gasteiger partial charge in [0.05, 0.1) is 5.69 Å². The van der Waals surface area contributed by atoms with E-state index in [-0.39, 0.29) is 5.69 Å². The average molecular weight is 271 g/mol. The van der Waals surface area contributed by atoms with Gasteiger partial charge in [-0.15, -0.1) is 0 Å². The number of rotatable bonds is 3. The van der Waals surface area contributed by atoms with Crippen molar-refractivity contribution in [2.24, 2.45) is 0 Å². The molecule has 0 saturated heterocycles. The van der Waals surface area contributed by atoms with E-state index in [2.05, 4.69) is 28.9 Å². The van der Waals surface area contributed by atoms with Gasteiger partial charge in [-0.05, 0) is 12.0 Å². The Bertz CT molecular complexity index is 787. The van der Waals surface area contributed by atoms with E-state index < -0.39 is 5.97 Å². The predicted molar refractivity (Wildman–Crippen MR) is 71.2 cm³/mol. The lowest BCUT2D eigenvalue weighted by molar-refractivity contribution is 0.0691. The Morgan fingerprint density at radius 3 is 2.80 bits per heavy atom. The summed E-state index contributed by atoms with van der Waals surface area (Å²) in [5.41, 5.74) is 1.75. The van der Waals surface area contributed by atoms with Crippen LogP contribution in [0.25, 0.3) is 11.3 Å². The van der Waals surface area contributed by atoms with E-state index in [9.17, 15) is 4.79 Å². The molecule has 20 heavy (non-hydrogen) atoms. The molecule has 7 heteroatoms. The maximum absolute atomic E-state index is 10.9. The minimum atomic E-state index is -1.06. The van der Waals surface area contributed by atoms with Crippen LogP contribution in [0.1, 0.15) is 35.9 Å². The standard InChI is InChI=1S/C13H13N5O2/c1-8(2)9-5-11-12(14-3-4-18(11)16-9)17-6-10(13(19)20)15-7-17/h3-8H,1-2H3,(H,19,20). The number of nitrogens with zero attached hydrogens (tertiary/aromatic N) is 5. The van der Waals surface area contributed by atoms with Gasteiger partial charge in [0, 0.05) is 18.6 Å². The first kappa shape index (κ1) is 12.3. The molecule has 0 spiro atoms. The van der Waals surface area contributed by atoms with Crippen molar-refractivity contribution in [2.75, 3.05) is 0 Å². The summed E-state index contributed by atoms with van der Waals surface area (Å²) in [5.74, 6) is -0.154. The molecule has 1 N–H and O–H groups in total. The van der Waals surface area contributed by atoms with Crippen LogP contribution in [-0.4, -0.2) is 35.2 Å². The Hall–Kier alpha value is -2.70. The fourth-order valence-corrected chi connectivity index (χ4v) is 1.96. The number of imidazole rings is 1. The summed E-state index contributed by atoms with van der Waals surface area (Å²) in [6, 6.07) is 1.95. The molecule has 0 radical (unpaired) electrons. The van der Waals surface area contributed by atoms with Gasteiger partial charge in [0.25, 0.3) is 0 Å². The molecule has 0 aliphatic rings. The van der Waals surface area contributed by atoms with E-state index in [4.69, 9.17) is 5.11 Å². The first-order chi connectivity index (χ1) is 9.56. The molecule has 7 nitrogen and oxygen atoms in total. The van der Waals surface area contributed by atoms with Crippen molar-refractivity contribution >= 4 is 11.5 Å². The normalized spacial score (nSPS) is 11.3. The highest BCUT2D eigenvalue weighted by atomic mass is 16.4. The van der Waals surface area contributed by atoms with Crippen LogP contribution in [0.3, 0.4) is 0 Å². The Morgan fingerprint density at radius 1 is 1.35 bits per heavy atom. The summed E-state index contributed by atoms with van der Waals surface area (Å²) in [4.78, 5) is 19.0. The first-order valence-electron chi connectivity index (χ1n) is 6.18. The largest absolute Gasteiger partial charge is 0.476 e. The molecule has 0 saturated carbocycles. The van der Waals surface area contributed by atoms with Crippen LogP contribution in [-0.2, 0) is 0 Å². The summed E-state index contributed by atoms with van der Waals surface area (Å²) >= 11 is 0. The van der Waals surface area contributed by atoms with Crippen molar-refractivity contribution in [1.29, 1.82) is 0 Å². The maximum atomic E-state index is 10.9. The monoisotopic (exact) mass is 271 g/mol. The van der Waals surface area contributed by atoms with Gasteiger partial charge in [-0.25, -0.2) is 19.3 Å². The maximum Gasteiger partial charge on any atom is 0.356 e. The fraction of sp³-hybridized carbons (Fsp3) is 0.231. The van der Waals surface area contributed by atoms with Gasteiger partial charge in [-0.2, -0.15) is 5.10 Å². The summed E-state index contributed by atoms with van der Waals surface area (Å²) in [5, 5.41) is 13.4. The van der Waals surface area contributed by atoms with Gasteiger partial charge in [0.15, 0.2) is 11.5 Å². The van der Waals surface area contributed by atoms with Crippen molar-refractivity contribution in [2.45, 2.75) is 19.8 Å². The van der Waals surface area contributed by atoms with E-state index in [0.29, 0.717) is 11.7 Å². The molecule has 0 aliphatic carbocycles. The van der Waals surface area contributed by atoms with Crippen LogP contribution in [0.15, 0.2) is 31.0 Å². The zero-order valence-electron chi connectivity index (χ0n) is 11.1. The Morgan fingerprint density at radius 2 is 2.15 bits per heavy atom. The molecule has 3 rings (SSSR count). The summed E-state index contributed by atoms with van der Waals surface area (Å²) < 4.78 is 3.32. The van der Waals surface area contributed by atoms with Crippen molar-refractivity contribution in [1.82, 2.24) is 24.1 Å². The fourth-order valence-electron chi connectivity index (χ4n) is 1.96. The van der Waals surface area contributed by atoms with Crippen LogP contribution in [0.5, 0.6) is 0 Å². The number of carboxylic acids is 1. The lowest BCUT2D eigenvalue weighted by Crippen LogP contribution is -2.00. The molecule has 3 heterocycles. The van der Waals surface area contributed by atoms with Gasteiger partial charge in [-0.3, -0.25) is 4.57 Å². The second-order valence-electron chi connectivity index (χ2n) is 4.78. The lowest BCUT2D eigenvalue weighted by Gasteiger charge is -2.02. The summed E-state index contributed by atoms with van der Waals surface area (Å²) in [7, 11) is 0. The zero-order valence-corrected chi connectivity index (χ0v) is 11.1. The number of hydrogen-bond acceptors (Lipinski definition) is 4. The highest BCUT2D eigenvalue weighted by molar-refractivity contribution is 5.85. The van der Waals surface area contributed by atoms with Crippen LogP contribution in [0, 0.1) is 0 Å². The van der Waals surface area contributed by atoms with Crippen LogP contribution in [0.2, 0.25) is 0 Å². The smallest absolute Gasteiger partial charge is 0.356 e. The zero-order chi connectivity index (χ0) is 14.3. The first-order valence-corrected chi connectivity index (χ1v) is 6.18. The van der Waals surface area contributed by atoms with E-state index in [0.717, 1.165) is 11.2 Å². The molecule has 0 amide bonds. The third-order valence-corrected chi connectivity index (χ3v) is 3.03. The number of carboxylic acid groups (broad SMARTS) is 1. The van der Waals surface area contributed by atoms with Gasteiger partial charge in [0.1, 0.15) is 11.8 Å². The van der Waals surface area contributed by atoms with E-state index in [1.165, 1.54) is 12.5 Å². The van der Waals surface area contributed by atoms with Crippen molar-refractivity contribution in [3.63, 3.8) is 0 Å². The second kappa shape index (κ2) is 4.44. The van der Waals surface area contributed by atoms with Gasteiger partial charge in [0.2, 0.25) is 0 Å². The van der Waals surface area contributed by atoms with Gasteiger partial charge < -0.3 is 5.11 Å². The van der Waals surface area contributed by atoms with Crippen LogP contribution >= 0.6 is 0 Å². The van der Waals surface area contributed by atoms with E-state index in [1.807, 2.05) is 6.07 Å². The molecule has 102 valence electrons. The van der Waals surface area contributed by atoms with Crippen molar-refractivity contribution < 1.29 is 9.90 Å². The molecule has 0 bridgehead atoms. The van der Waals surface area contributed by atoms with Gasteiger partial charge >= 0.3 is 5.97 Å². The average Bonchev–Trinajstić information content (AvgIpc) is 3.05. The van der Waals surface area contributed by atoms with Crippen LogP contribution in [0.4, 0.5) is 0 Å². The molecule has 0 atom stereocenters. The third-order valence-electron chi connectivity index (χ3n) is 3.03. The number of aromatic carboxylic acids is 1. The lowest BCUT2D eigenvalue weighted by atomic mass is 10.1. The van der Waals surface area contributed by atoms with E-state index in [1.54, 1.807) is 21.5 Å². The molecule has 0 fully saturated rings. The highest BCUT2D eigenvalue weighted by Crippen LogP contribution is 2.19. The molecule has 0 unspecified atom stereocenters. The van der Waals surface area contributed by atoms with Crippen LogP contribution < -0.4 is 0 Å².